The lowest BCUT2D eigenvalue weighted by Crippen LogP contribution is -2.37. The van der Waals surface area contributed by atoms with Crippen molar-refractivity contribution in [1.29, 1.82) is 0 Å². The first kappa shape index (κ1) is 19.2. The van der Waals surface area contributed by atoms with E-state index in [0.717, 1.165) is 12.8 Å². The minimum Gasteiger partial charge on any atom is -0.481 e. The van der Waals surface area contributed by atoms with E-state index in [-0.39, 0.29) is 17.9 Å². The number of aliphatic carboxylic acids is 1. The van der Waals surface area contributed by atoms with Crippen molar-refractivity contribution in [2.24, 2.45) is 0 Å². The molecule has 1 aromatic rings. The maximum absolute atomic E-state index is 12.3. The fourth-order valence-electron chi connectivity index (χ4n) is 2.30. The summed E-state index contributed by atoms with van der Waals surface area (Å²) in [5, 5.41) is 11.8. The van der Waals surface area contributed by atoms with Crippen molar-refractivity contribution in [3.05, 3.63) is 33.7 Å². The number of hydrogen-bond acceptors (Lipinski definition) is 3. The van der Waals surface area contributed by atoms with Crippen LogP contribution < -0.4 is 10.9 Å². The van der Waals surface area contributed by atoms with E-state index >= 15 is 0 Å². The number of carboxylic acids is 1. The Bertz CT molecular complexity index is 586. The predicted octanol–water partition coefficient (Wildman–Crippen LogP) is 2.60. The lowest BCUT2D eigenvalue weighted by Gasteiger charge is -2.19. The summed E-state index contributed by atoms with van der Waals surface area (Å²) in [5.74, 6) is -1.02. The second kappa shape index (κ2) is 10.0. The van der Waals surface area contributed by atoms with Gasteiger partial charge >= 0.3 is 5.97 Å². The van der Waals surface area contributed by atoms with Gasteiger partial charge in [-0.3, -0.25) is 14.4 Å². The second-order valence-electron chi connectivity index (χ2n) is 5.39. The van der Waals surface area contributed by atoms with Crippen LogP contribution in [0.1, 0.15) is 51.5 Å². The molecule has 0 spiro atoms. The fourth-order valence-corrected chi connectivity index (χ4v) is 2.47. The summed E-state index contributed by atoms with van der Waals surface area (Å²) in [4.78, 5) is 34.7. The number of carbonyl (C=O) groups is 2. The van der Waals surface area contributed by atoms with Crippen LogP contribution in [0, 0.1) is 0 Å². The molecule has 1 rings (SSSR count). The summed E-state index contributed by atoms with van der Waals surface area (Å²) < 4.78 is 1.37. The molecular formula is C16H23ClN2O4. The smallest absolute Gasteiger partial charge is 0.303 e. The summed E-state index contributed by atoms with van der Waals surface area (Å²) >= 11 is 5.91. The van der Waals surface area contributed by atoms with Crippen molar-refractivity contribution in [2.75, 3.05) is 6.54 Å². The number of carboxylic acid groups (broad SMARTS) is 1. The fraction of sp³-hybridized carbons (Fsp3) is 0.562. The molecule has 0 saturated carbocycles. The van der Waals surface area contributed by atoms with Crippen LogP contribution in [0.15, 0.2) is 23.1 Å². The van der Waals surface area contributed by atoms with E-state index in [9.17, 15) is 14.4 Å². The first-order chi connectivity index (χ1) is 11.0. The van der Waals surface area contributed by atoms with Crippen LogP contribution in [0.3, 0.4) is 0 Å². The third-order valence-corrected chi connectivity index (χ3v) is 3.69. The number of hydrogen-bond donors (Lipinski definition) is 2. The minimum atomic E-state index is -0.808. The largest absolute Gasteiger partial charge is 0.481 e. The highest BCUT2D eigenvalue weighted by Gasteiger charge is 2.20. The van der Waals surface area contributed by atoms with Gasteiger partial charge in [0, 0.05) is 25.2 Å². The van der Waals surface area contributed by atoms with Gasteiger partial charge in [0.15, 0.2) is 0 Å². The molecular weight excluding hydrogens is 320 g/mol. The molecule has 1 aromatic heterocycles. The lowest BCUT2D eigenvalue weighted by atomic mass is 10.1. The third-order valence-electron chi connectivity index (χ3n) is 3.47. The molecule has 0 bridgehead atoms. The topological polar surface area (TPSA) is 88.4 Å². The Morgan fingerprint density at radius 2 is 2.04 bits per heavy atom. The van der Waals surface area contributed by atoms with E-state index in [1.165, 1.54) is 22.9 Å². The first-order valence-electron chi connectivity index (χ1n) is 7.83. The zero-order chi connectivity index (χ0) is 17.2. The Hall–Kier alpha value is -1.82. The van der Waals surface area contributed by atoms with Crippen LogP contribution in [0.4, 0.5) is 0 Å². The molecule has 7 heteroatoms. The summed E-state index contributed by atoms with van der Waals surface area (Å²) in [6.45, 7) is 2.41. The first-order valence-corrected chi connectivity index (χ1v) is 8.20. The van der Waals surface area contributed by atoms with E-state index in [1.807, 2.05) is 6.92 Å². The van der Waals surface area contributed by atoms with Gasteiger partial charge < -0.3 is 15.0 Å². The molecule has 0 aromatic carbocycles. The van der Waals surface area contributed by atoms with Crippen LogP contribution in [0.2, 0.25) is 5.02 Å². The molecule has 0 aliphatic heterocycles. The molecule has 0 radical (unpaired) electrons. The predicted molar refractivity (Wildman–Crippen MR) is 88.8 cm³/mol. The Morgan fingerprint density at radius 1 is 1.30 bits per heavy atom. The van der Waals surface area contributed by atoms with Gasteiger partial charge in [0.2, 0.25) is 5.91 Å². The Labute approximate surface area is 140 Å². The summed E-state index contributed by atoms with van der Waals surface area (Å²) in [6.07, 6.45) is 4.98. The van der Waals surface area contributed by atoms with Gasteiger partial charge in [0.1, 0.15) is 6.04 Å². The van der Waals surface area contributed by atoms with Gasteiger partial charge in [-0.25, -0.2) is 0 Å². The Kier molecular flexibility index (Phi) is 8.40. The van der Waals surface area contributed by atoms with Crippen molar-refractivity contribution in [1.82, 2.24) is 9.88 Å². The normalized spacial score (nSPS) is 11.9. The summed E-state index contributed by atoms with van der Waals surface area (Å²) in [6, 6.07) is 2.28. The number of aromatic nitrogens is 1. The van der Waals surface area contributed by atoms with Gasteiger partial charge in [-0.2, -0.15) is 0 Å². The molecule has 0 aliphatic rings. The van der Waals surface area contributed by atoms with Crippen molar-refractivity contribution < 1.29 is 14.7 Å². The van der Waals surface area contributed by atoms with Gasteiger partial charge in [-0.1, -0.05) is 31.4 Å². The summed E-state index contributed by atoms with van der Waals surface area (Å²) in [5.41, 5.74) is -0.260. The highest BCUT2D eigenvalue weighted by atomic mass is 35.5. The molecule has 6 nitrogen and oxygen atoms in total. The van der Waals surface area contributed by atoms with E-state index < -0.39 is 12.0 Å². The van der Waals surface area contributed by atoms with E-state index in [2.05, 4.69) is 5.32 Å². The number of nitrogens with one attached hydrogen (secondary N) is 1. The maximum atomic E-state index is 12.3. The number of pyridine rings is 1. The van der Waals surface area contributed by atoms with Crippen molar-refractivity contribution in [2.45, 2.75) is 51.5 Å². The SMILES string of the molecule is CCCC(C(=O)NCCCCCC(=O)O)n1cc(Cl)ccc1=O. The van der Waals surface area contributed by atoms with Crippen LogP contribution >= 0.6 is 11.6 Å². The molecule has 1 atom stereocenters. The lowest BCUT2D eigenvalue weighted by molar-refractivity contribution is -0.137. The van der Waals surface area contributed by atoms with Crippen LogP contribution in [0.5, 0.6) is 0 Å². The van der Waals surface area contributed by atoms with Crippen LogP contribution in [-0.4, -0.2) is 28.1 Å². The molecule has 23 heavy (non-hydrogen) atoms. The number of amides is 1. The minimum absolute atomic E-state index is 0.143. The highest BCUT2D eigenvalue weighted by molar-refractivity contribution is 6.30. The van der Waals surface area contributed by atoms with Crippen molar-refractivity contribution in [3.8, 4) is 0 Å². The number of unbranched alkanes of at least 4 members (excludes halogenated alkanes) is 2. The highest BCUT2D eigenvalue weighted by Crippen LogP contribution is 2.15. The van der Waals surface area contributed by atoms with Crippen molar-refractivity contribution in [3.63, 3.8) is 0 Å². The molecule has 0 saturated heterocycles. The summed E-state index contributed by atoms with van der Waals surface area (Å²) in [7, 11) is 0. The molecule has 0 fully saturated rings. The molecule has 2 N–H and O–H groups in total. The third kappa shape index (κ3) is 6.86. The molecule has 1 unspecified atom stereocenters. The molecule has 128 valence electrons. The number of carbonyl (C=O) groups excluding carboxylic acids is 1. The Balaban J connectivity index is 2.57. The second-order valence-corrected chi connectivity index (χ2v) is 5.83. The number of halogens is 1. The van der Waals surface area contributed by atoms with Crippen molar-refractivity contribution >= 4 is 23.5 Å². The average molecular weight is 343 g/mol. The van der Waals surface area contributed by atoms with E-state index in [0.29, 0.717) is 30.8 Å². The molecule has 1 heterocycles. The Morgan fingerprint density at radius 3 is 2.70 bits per heavy atom. The zero-order valence-corrected chi connectivity index (χ0v) is 14.0. The number of nitrogens with zero attached hydrogens (tertiary/aromatic N) is 1. The molecule has 1 amide bonds. The average Bonchev–Trinajstić information content (AvgIpc) is 2.50. The van der Waals surface area contributed by atoms with Crippen LogP contribution in [0.25, 0.3) is 0 Å². The van der Waals surface area contributed by atoms with Gasteiger partial charge in [0.05, 0.1) is 5.02 Å². The monoisotopic (exact) mass is 342 g/mol. The van der Waals surface area contributed by atoms with Gasteiger partial charge in [-0.05, 0) is 25.3 Å². The maximum Gasteiger partial charge on any atom is 0.303 e. The van der Waals surface area contributed by atoms with Gasteiger partial charge in [-0.15, -0.1) is 0 Å². The van der Waals surface area contributed by atoms with Crippen LogP contribution in [-0.2, 0) is 9.59 Å². The van der Waals surface area contributed by atoms with E-state index in [4.69, 9.17) is 16.7 Å². The molecule has 0 aliphatic carbocycles. The zero-order valence-electron chi connectivity index (χ0n) is 13.3. The quantitative estimate of drug-likeness (QED) is 0.640. The number of rotatable bonds is 10. The van der Waals surface area contributed by atoms with E-state index in [1.54, 1.807) is 0 Å². The standard InChI is InChI=1S/C16H23ClN2O4/c1-2-6-13(19-11-12(17)8-9-14(19)20)16(23)18-10-5-3-4-7-15(21)22/h8-9,11,13H,2-7,10H2,1H3,(H,18,23)(H,21,22). The van der Waals surface area contributed by atoms with Gasteiger partial charge in [0.25, 0.3) is 5.56 Å².